The lowest BCUT2D eigenvalue weighted by Gasteiger charge is -2.34. The number of carbonyl (C=O) groups is 1. The van der Waals surface area contributed by atoms with E-state index in [2.05, 4.69) is 14.8 Å². The Bertz CT molecular complexity index is 896. The maximum Gasteiger partial charge on any atom is 0.261 e. The summed E-state index contributed by atoms with van der Waals surface area (Å²) in [6.45, 7) is 3.89. The molecule has 0 N–H and O–H groups in total. The number of ether oxygens (including phenoxy) is 2. The average molecular weight is 392 g/mol. The van der Waals surface area contributed by atoms with Crippen molar-refractivity contribution in [2.75, 3.05) is 26.9 Å². The van der Waals surface area contributed by atoms with Crippen molar-refractivity contribution in [1.82, 2.24) is 19.7 Å². The summed E-state index contributed by atoms with van der Waals surface area (Å²) in [5.74, 6) is -1.07. The fourth-order valence-corrected chi connectivity index (χ4v) is 4.01. The van der Waals surface area contributed by atoms with Crippen molar-refractivity contribution < 1.29 is 23.0 Å². The summed E-state index contributed by atoms with van der Waals surface area (Å²) in [6, 6.07) is 2.12. The lowest BCUT2D eigenvalue weighted by Crippen LogP contribution is -2.41. The molecule has 0 radical (unpaired) electrons. The Morgan fingerprint density at radius 3 is 2.71 bits per heavy atom. The molecule has 4 rings (SSSR count). The number of fused-ring (bicyclic) bond motifs is 1. The maximum atomic E-state index is 14.3. The highest BCUT2D eigenvalue weighted by Crippen LogP contribution is 2.32. The summed E-state index contributed by atoms with van der Waals surface area (Å²) in [4.78, 5) is 14.4. The fraction of sp³-hybridized carbons (Fsp3) is 0.526. The predicted molar refractivity (Wildman–Crippen MR) is 95.2 cm³/mol. The summed E-state index contributed by atoms with van der Waals surface area (Å²) < 4.78 is 40.6. The molecule has 1 saturated heterocycles. The smallest absolute Gasteiger partial charge is 0.261 e. The van der Waals surface area contributed by atoms with Crippen LogP contribution in [-0.2, 0) is 11.3 Å². The molecule has 0 bridgehead atoms. The first-order valence-corrected chi connectivity index (χ1v) is 9.34. The van der Waals surface area contributed by atoms with Gasteiger partial charge in [0.2, 0.25) is 0 Å². The highest BCUT2D eigenvalue weighted by Gasteiger charge is 2.34. The van der Waals surface area contributed by atoms with Gasteiger partial charge >= 0.3 is 0 Å². The van der Waals surface area contributed by atoms with Gasteiger partial charge in [-0.1, -0.05) is 0 Å². The number of nitrogens with zero attached hydrogens (tertiary/aromatic N) is 4. The minimum absolute atomic E-state index is 0.00601. The SMILES string of the molecule is COc1ccc(F)c(F)c1C(=O)N1Cc2nnc(C3CCOCC3)n2[C@@H](C)C1. The van der Waals surface area contributed by atoms with Gasteiger partial charge in [0, 0.05) is 25.7 Å². The van der Waals surface area contributed by atoms with Gasteiger partial charge in [0.1, 0.15) is 17.1 Å². The highest BCUT2D eigenvalue weighted by atomic mass is 19.2. The van der Waals surface area contributed by atoms with Gasteiger partial charge < -0.3 is 18.9 Å². The third-order valence-corrected chi connectivity index (χ3v) is 5.41. The van der Waals surface area contributed by atoms with E-state index in [1.54, 1.807) is 0 Å². The van der Waals surface area contributed by atoms with E-state index in [1.165, 1.54) is 18.1 Å². The van der Waals surface area contributed by atoms with Crippen molar-refractivity contribution in [3.05, 3.63) is 41.0 Å². The van der Waals surface area contributed by atoms with Gasteiger partial charge in [0.15, 0.2) is 17.5 Å². The van der Waals surface area contributed by atoms with E-state index < -0.39 is 23.1 Å². The van der Waals surface area contributed by atoms with E-state index in [-0.39, 0.29) is 24.3 Å². The standard InChI is InChI=1S/C19H22F2N4O3/c1-11-9-24(19(26)16-14(27-2)4-3-13(20)17(16)21)10-15-22-23-18(25(11)15)12-5-7-28-8-6-12/h3-4,11-12H,5-10H2,1-2H3/t11-/m0/s1. The average Bonchev–Trinajstić information content (AvgIpc) is 3.15. The molecule has 9 heteroatoms. The Morgan fingerprint density at radius 1 is 1.25 bits per heavy atom. The zero-order valence-corrected chi connectivity index (χ0v) is 15.8. The van der Waals surface area contributed by atoms with Gasteiger partial charge in [-0.3, -0.25) is 4.79 Å². The normalized spacial score (nSPS) is 20.1. The molecule has 150 valence electrons. The molecule has 1 fully saturated rings. The van der Waals surface area contributed by atoms with E-state index >= 15 is 0 Å². The number of hydrogen-bond donors (Lipinski definition) is 0. The number of methoxy groups -OCH3 is 1. The van der Waals surface area contributed by atoms with Crippen LogP contribution in [0, 0.1) is 11.6 Å². The first-order valence-electron chi connectivity index (χ1n) is 9.34. The van der Waals surface area contributed by atoms with Crippen LogP contribution in [-0.4, -0.2) is 52.4 Å². The van der Waals surface area contributed by atoms with Crippen LogP contribution in [0.5, 0.6) is 5.75 Å². The van der Waals surface area contributed by atoms with Gasteiger partial charge in [-0.05, 0) is 31.9 Å². The van der Waals surface area contributed by atoms with Gasteiger partial charge in [0.25, 0.3) is 5.91 Å². The van der Waals surface area contributed by atoms with Gasteiger partial charge in [-0.25, -0.2) is 8.78 Å². The number of halogens is 2. The van der Waals surface area contributed by atoms with Crippen molar-refractivity contribution in [2.24, 2.45) is 0 Å². The zero-order chi connectivity index (χ0) is 19.8. The van der Waals surface area contributed by atoms with Crippen LogP contribution < -0.4 is 4.74 Å². The molecular formula is C19H22F2N4O3. The minimum atomic E-state index is -1.20. The van der Waals surface area contributed by atoms with Crippen molar-refractivity contribution >= 4 is 5.91 Å². The molecule has 3 heterocycles. The number of carbonyl (C=O) groups excluding carboxylic acids is 1. The number of aromatic nitrogens is 3. The largest absolute Gasteiger partial charge is 0.496 e. The lowest BCUT2D eigenvalue weighted by atomic mass is 9.98. The molecule has 7 nitrogen and oxygen atoms in total. The van der Waals surface area contributed by atoms with Crippen molar-refractivity contribution in [2.45, 2.75) is 38.3 Å². The first-order chi connectivity index (χ1) is 13.5. The Hall–Kier alpha value is -2.55. The zero-order valence-electron chi connectivity index (χ0n) is 15.8. The van der Waals surface area contributed by atoms with E-state index in [0.717, 1.165) is 24.7 Å². The van der Waals surface area contributed by atoms with Crippen LogP contribution in [0.1, 0.15) is 53.7 Å². The molecule has 0 unspecified atom stereocenters. The first kappa shape index (κ1) is 18.8. The third kappa shape index (κ3) is 3.13. The second kappa shape index (κ2) is 7.46. The van der Waals surface area contributed by atoms with Gasteiger partial charge in [0.05, 0.1) is 19.7 Å². The predicted octanol–water partition coefficient (Wildman–Crippen LogP) is 2.68. The summed E-state index contributed by atoms with van der Waals surface area (Å²) >= 11 is 0. The molecule has 2 aliphatic rings. The molecule has 2 aliphatic heterocycles. The fourth-order valence-electron chi connectivity index (χ4n) is 4.01. The van der Waals surface area contributed by atoms with Gasteiger partial charge in [-0.2, -0.15) is 0 Å². The molecule has 0 aliphatic carbocycles. The quantitative estimate of drug-likeness (QED) is 0.803. The summed E-state index contributed by atoms with van der Waals surface area (Å²) in [6.07, 6.45) is 1.78. The van der Waals surface area contributed by atoms with Crippen LogP contribution in [0.25, 0.3) is 0 Å². The molecular weight excluding hydrogens is 370 g/mol. The summed E-state index contributed by atoms with van der Waals surface area (Å²) in [5, 5.41) is 8.63. The molecule has 0 spiro atoms. The lowest BCUT2D eigenvalue weighted by molar-refractivity contribution is 0.0659. The number of hydrogen-bond acceptors (Lipinski definition) is 5. The van der Waals surface area contributed by atoms with E-state index in [1.807, 2.05) is 6.92 Å². The van der Waals surface area contributed by atoms with Crippen molar-refractivity contribution in [3.63, 3.8) is 0 Å². The summed E-state index contributed by atoms with van der Waals surface area (Å²) in [7, 11) is 1.32. The molecule has 1 aromatic carbocycles. The minimum Gasteiger partial charge on any atom is -0.496 e. The molecule has 0 saturated carbocycles. The Morgan fingerprint density at radius 2 is 2.00 bits per heavy atom. The van der Waals surface area contributed by atoms with Crippen molar-refractivity contribution in [3.8, 4) is 5.75 Å². The van der Waals surface area contributed by atoms with E-state index in [9.17, 15) is 13.6 Å². The Labute approximate surface area is 161 Å². The number of rotatable bonds is 3. The van der Waals surface area contributed by atoms with E-state index in [0.29, 0.717) is 25.6 Å². The maximum absolute atomic E-state index is 14.3. The van der Waals surface area contributed by atoms with E-state index in [4.69, 9.17) is 9.47 Å². The summed E-state index contributed by atoms with van der Waals surface area (Å²) in [5.41, 5.74) is -0.396. The monoisotopic (exact) mass is 392 g/mol. The number of amides is 1. The second-order valence-corrected chi connectivity index (χ2v) is 7.20. The topological polar surface area (TPSA) is 69.5 Å². The highest BCUT2D eigenvalue weighted by molar-refractivity contribution is 5.97. The third-order valence-electron chi connectivity index (χ3n) is 5.41. The molecule has 1 atom stereocenters. The van der Waals surface area contributed by atoms with Crippen LogP contribution in [0.3, 0.4) is 0 Å². The molecule has 1 aromatic heterocycles. The van der Waals surface area contributed by atoms with Crippen LogP contribution >= 0.6 is 0 Å². The van der Waals surface area contributed by atoms with Crippen LogP contribution in [0.15, 0.2) is 12.1 Å². The molecule has 2 aromatic rings. The molecule has 28 heavy (non-hydrogen) atoms. The van der Waals surface area contributed by atoms with Crippen LogP contribution in [0.2, 0.25) is 0 Å². The second-order valence-electron chi connectivity index (χ2n) is 7.20. The van der Waals surface area contributed by atoms with Gasteiger partial charge in [-0.15, -0.1) is 10.2 Å². The molecule has 1 amide bonds. The Balaban J connectivity index is 1.63. The Kier molecular flexibility index (Phi) is 5.01. The van der Waals surface area contributed by atoms with Crippen molar-refractivity contribution in [1.29, 1.82) is 0 Å². The van der Waals surface area contributed by atoms with Crippen LogP contribution in [0.4, 0.5) is 8.78 Å². The number of benzene rings is 1.